The van der Waals surface area contributed by atoms with Crippen molar-refractivity contribution in [3.63, 3.8) is 0 Å². The Morgan fingerprint density at radius 1 is 1.50 bits per heavy atom. The van der Waals surface area contributed by atoms with Gasteiger partial charge in [0, 0.05) is 35.4 Å². The molecule has 0 bridgehead atoms. The Morgan fingerprint density at radius 2 is 2.40 bits per heavy atom. The van der Waals surface area contributed by atoms with Crippen molar-refractivity contribution in [1.29, 1.82) is 0 Å². The lowest BCUT2D eigenvalue weighted by Gasteiger charge is -2.13. The monoisotopic (exact) mass is 290 g/mol. The van der Waals surface area contributed by atoms with Crippen molar-refractivity contribution in [3.05, 3.63) is 36.4 Å². The second kappa shape index (κ2) is 5.76. The van der Waals surface area contributed by atoms with Gasteiger partial charge in [-0.05, 0) is 25.1 Å². The highest BCUT2D eigenvalue weighted by Crippen LogP contribution is 2.41. The Hall–Kier alpha value is -1.66. The molecule has 0 saturated heterocycles. The summed E-state index contributed by atoms with van der Waals surface area (Å²) in [6.45, 7) is 2.62. The molecule has 1 aromatic heterocycles. The molecule has 106 valence electrons. The van der Waals surface area contributed by atoms with Gasteiger partial charge in [0.1, 0.15) is 11.6 Å². The molecule has 0 saturated carbocycles. The molecular formula is C14H18N4OS. The lowest BCUT2D eigenvalue weighted by molar-refractivity contribution is 0.318. The molecule has 0 fully saturated rings. The quantitative estimate of drug-likeness (QED) is 0.787. The van der Waals surface area contributed by atoms with Crippen LogP contribution in [0.4, 0.5) is 5.69 Å². The van der Waals surface area contributed by atoms with Gasteiger partial charge >= 0.3 is 0 Å². The van der Waals surface area contributed by atoms with Gasteiger partial charge in [0.15, 0.2) is 0 Å². The van der Waals surface area contributed by atoms with Crippen LogP contribution in [0.3, 0.4) is 0 Å². The van der Waals surface area contributed by atoms with E-state index in [0.29, 0.717) is 6.61 Å². The van der Waals surface area contributed by atoms with Gasteiger partial charge in [0.05, 0.1) is 12.0 Å². The number of nitrogens with two attached hydrogens (primary N) is 1. The standard InChI is InChI=1S/C14H18N4OS/c1-9(15)14-18-11-3-2-10(8-12(11)20-14)19-7-4-13-16-5-6-17-13/h2-3,5-6,8-9,14,18H,4,7,15H2,1H3,(H,16,17). The zero-order valence-corrected chi connectivity index (χ0v) is 12.1. The third kappa shape index (κ3) is 2.91. The normalized spacial score (nSPS) is 18.4. The highest BCUT2D eigenvalue weighted by Gasteiger charge is 2.24. The Labute approximate surface area is 122 Å². The minimum Gasteiger partial charge on any atom is -0.493 e. The number of hydrogen-bond acceptors (Lipinski definition) is 5. The number of imidazole rings is 1. The van der Waals surface area contributed by atoms with E-state index in [-0.39, 0.29) is 11.4 Å². The van der Waals surface area contributed by atoms with Crippen LogP contribution >= 0.6 is 11.8 Å². The number of H-pyrrole nitrogens is 1. The molecule has 0 amide bonds. The van der Waals surface area contributed by atoms with E-state index in [4.69, 9.17) is 10.5 Å². The predicted molar refractivity (Wildman–Crippen MR) is 81.1 cm³/mol. The van der Waals surface area contributed by atoms with Gasteiger partial charge in [0.2, 0.25) is 0 Å². The van der Waals surface area contributed by atoms with Gasteiger partial charge in [0.25, 0.3) is 0 Å². The smallest absolute Gasteiger partial charge is 0.120 e. The van der Waals surface area contributed by atoms with Crippen molar-refractivity contribution >= 4 is 17.4 Å². The van der Waals surface area contributed by atoms with E-state index in [0.717, 1.165) is 23.7 Å². The predicted octanol–water partition coefficient (Wildman–Crippen LogP) is 2.22. The maximum Gasteiger partial charge on any atom is 0.120 e. The second-order valence-corrected chi connectivity index (χ2v) is 6.02. The summed E-state index contributed by atoms with van der Waals surface area (Å²) in [4.78, 5) is 8.43. The third-order valence-corrected chi connectivity index (χ3v) is 4.54. The highest BCUT2D eigenvalue weighted by molar-refractivity contribution is 8.00. The molecule has 0 aliphatic carbocycles. The first-order chi connectivity index (χ1) is 9.72. The van der Waals surface area contributed by atoms with Crippen LogP contribution < -0.4 is 15.8 Å². The number of hydrogen-bond donors (Lipinski definition) is 3. The molecular weight excluding hydrogens is 272 g/mol. The summed E-state index contributed by atoms with van der Waals surface area (Å²) in [5.41, 5.74) is 7.06. The average Bonchev–Trinajstić information content (AvgIpc) is 3.06. The Balaban J connectivity index is 1.58. The number of anilines is 1. The fourth-order valence-electron chi connectivity index (χ4n) is 2.07. The van der Waals surface area contributed by atoms with E-state index in [1.54, 1.807) is 18.0 Å². The van der Waals surface area contributed by atoms with Crippen molar-refractivity contribution in [1.82, 2.24) is 9.97 Å². The molecule has 0 spiro atoms. The highest BCUT2D eigenvalue weighted by atomic mass is 32.2. The molecule has 20 heavy (non-hydrogen) atoms. The van der Waals surface area contributed by atoms with E-state index in [9.17, 15) is 0 Å². The lowest BCUT2D eigenvalue weighted by atomic mass is 10.3. The molecule has 0 radical (unpaired) electrons. The fourth-order valence-corrected chi connectivity index (χ4v) is 3.18. The number of thioether (sulfide) groups is 1. The molecule has 6 heteroatoms. The molecule has 3 rings (SSSR count). The lowest BCUT2D eigenvalue weighted by Crippen LogP contribution is -2.32. The molecule has 2 aromatic rings. The van der Waals surface area contributed by atoms with E-state index >= 15 is 0 Å². The molecule has 2 unspecified atom stereocenters. The topological polar surface area (TPSA) is 76.0 Å². The minimum absolute atomic E-state index is 0.107. The maximum atomic E-state index is 5.92. The van der Waals surface area contributed by atoms with Crippen LogP contribution in [0.25, 0.3) is 0 Å². The minimum atomic E-state index is 0.107. The van der Waals surface area contributed by atoms with Crippen LogP contribution in [0, 0.1) is 0 Å². The van der Waals surface area contributed by atoms with Gasteiger partial charge in [-0.25, -0.2) is 4.98 Å². The number of aromatic nitrogens is 2. The molecule has 1 aliphatic rings. The first kappa shape index (κ1) is 13.3. The molecule has 1 aromatic carbocycles. The average molecular weight is 290 g/mol. The zero-order valence-electron chi connectivity index (χ0n) is 11.3. The second-order valence-electron chi connectivity index (χ2n) is 4.83. The van der Waals surface area contributed by atoms with E-state index < -0.39 is 0 Å². The Morgan fingerprint density at radius 3 is 3.15 bits per heavy atom. The van der Waals surface area contributed by atoms with Crippen molar-refractivity contribution in [2.75, 3.05) is 11.9 Å². The van der Waals surface area contributed by atoms with E-state index in [1.165, 1.54) is 4.90 Å². The molecule has 5 nitrogen and oxygen atoms in total. The number of aromatic amines is 1. The SMILES string of the molecule is CC(N)C1Nc2ccc(OCCc3ncc[nH]3)cc2S1. The van der Waals surface area contributed by atoms with Crippen molar-refractivity contribution in [3.8, 4) is 5.75 Å². The summed E-state index contributed by atoms with van der Waals surface area (Å²) in [5, 5.41) is 3.65. The maximum absolute atomic E-state index is 5.92. The van der Waals surface area contributed by atoms with Crippen molar-refractivity contribution in [2.45, 2.75) is 29.7 Å². The van der Waals surface area contributed by atoms with E-state index in [1.807, 2.05) is 25.3 Å². The number of benzene rings is 1. The number of fused-ring (bicyclic) bond motifs is 1. The summed E-state index contributed by atoms with van der Waals surface area (Å²) in [7, 11) is 0. The number of rotatable bonds is 5. The van der Waals surface area contributed by atoms with Crippen LogP contribution in [0.2, 0.25) is 0 Å². The van der Waals surface area contributed by atoms with Crippen molar-refractivity contribution in [2.24, 2.45) is 5.73 Å². The van der Waals surface area contributed by atoms with Gasteiger partial charge in [-0.1, -0.05) is 11.8 Å². The largest absolute Gasteiger partial charge is 0.493 e. The molecule has 4 N–H and O–H groups in total. The number of ether oxygens (including phenoxy) is 1. The van der Waals surface area contributed by atoms with Crippen LogP contribution in [-0.4, -0.2) is 28.0 Å². The molecule has 2 atom stereocenters. The molecule has 1 aliphatic heterocycles. The zero-order chi connectivity index (χ0) is 13.9. The van der Waals surface area contributed by atoms with Gasteiger partial charge in [-0.2, -0.15) is 0 Å². The van der Waals surface area contributed by atoms with Gasteiger partial charge in [-0.3, -0.25) is 0 Å². The van der Waals surface area contributed by atoms with Crippen LogP contribution in [0.1, 0.15) is 12.7 Å². The van der Waals surface area contributed by atoms with Crippen LogP contribution in [0.5, 0.6) is 5.75 Å². The van der Waals surface area contributed by atoms with E-state index in [2.05, 4.69) is 21.4 Å². The van der Waals surface area contributed by atoms with Gasteiger partial charge in [-0.15, -0.1) is 0 Å². The van der Waals surface area contributed by atoms with Crippen molar-refractivity contribution < 1.29 is 4.74 Å². The summed E-state index contributed by atoms with van der Waals surface area (Å²) >= 11 is 1.76. The summed E-state index contributed by atoms with van der Waals surface area (Å²) in [6.07, 6.45) is 4.35. The Bertz CT molecular complexity index is 571. The van der Waals surface area contributed by atoms with Crippen LogP contribution in [0.15, 0.2) is 35.5 Å². The fraction of sp³-hybridized carbons (Fsp3) is 0.357. The Kier molecular flexibility index (Phi) is 3.84. The molecule has 2 heterocycles. The van der Waals surface area contributed by atoms with Crippen LogP contribution in [-0.2, 0) is 6.42 Å². The first-order valence-corrected chi connectivity index (χ1v) is 7.54. The summed E-state index contributed by atoms with van der Waals surface area (Å²) in [6, 6.07) is 6.21. The summed E-state index contributed by atoms with van der Waals surface area (Å²) in [5.74, 6) is 1.83. The number of nitrogens with one attached hydrogen (secondary N) is 2. The first-order valence-electron chi connectivity index (χ1n) is 6.66. The van der Waals surface area contributed by atoms with Gasteiger partial charge < -0.3 is 20.8 Å². The third-order valence-electron chi connectivity index (χ3n) is 3.14. The number of nitrogens with zero attached hydrogens (tertiary/aromatic N) is 1. The summed E-state index contributed by atoms with van der Waals surface area (Å²) < 4.78 is 5.77.